The Morgan fingerprint density at radius 1 is 1.77 bits per heavy atom. The number of aryl methyl sites for hydroxylation is 1. The summed E-state index contributed by atoms with van der Waals surface area (Å²) in [4.78, 5) is 10.9. The molecule has 0 spiro atoms. The molecule has 0 amide bonds. The van der Waals surface area contributed by atoms with E-state index in [0.717, 1.165) is 0 Å². The van der Waals surface area contributed by atoms with Crippen LogP contribution in [0.4, 0.5) is 0 Å². The lowest BCUT2D eigenvalue weighted by Gasteiger charge is -1.91. The summed E-state index contributed by atoms with van der Waals surface area (Å²) in [6.45, 7) is 0.533. The molecule has 0 aromatic carbocycles. The molecule has 0 saturated heterocycles. The fourth-order valence-electron chi connectivity index (χ4n) is 0.692. The zero-order valence-electron chi connectivity index (χ0n) is 6.94. The lowest BCUT2D eigenvalue weighted by Crippen LogP contribution is -2.01. The largest absolute Gasteiger partial charge is 0.464 e. The number of nitrogens with zero attached hydrogens (tertiary/aromatic N) is 3. The van der Waals surface area contributed by atoms with E-state index in [9.17, 15) is 4.79 Å². The maximum Gasteiger partial charge on any atom is 0.360 e. The first kappa shape index (κ1) is 12.2. The average molecular weight is 226 g/mol. The summed E-state index contributed by atoms with van der Waals surface area (Å²) >= 11 is 5.45. The minimum absolute atomic E-state index is 0. The topological polar surface area (TPSA) is 57.0 Å². The maximum absolute atomic E-state index is 10.9. The molecule has 13 heavy (non-hydrogen) atoms. The van der Waals surface area contributed by atoms with E-state index in [1.54, 1.807) is 0 Å². The van der Waals surface area contributed by atoms with Crippen LogP contribution in [0.1, 0.15) is 10.5 Å². The summed E-state index contributed by atoms with van der Waals surface area (Å²) < 4.78 is 5.93. The van der Waals surface area contributed by atoms with Crippen LogP contribution in [0, 0.1) is 0 Å². The molecule has 1 heterocycles. The van der Waals surface area contributed by atoms with Crippen molar-refractivity contribution in [2.45, 2.75) is 6.54 Å². The molecule has 74 valence electrons. The number of hydrogen-bond donors (Lipinski definition) is 0. The van der Waals surface area contributed by atoms with E-state index < -0.39 is 5.97 Å². The molecule has 0 aliphatic rings. The van der Waals surface area contributed by atoms with Crippen molar-refractivity contribution in [1.29, 1.82) is 0 Å². The van der Waals surface area contributed by atoms with Crippen LogP contribution < -0.4 is 0 Å². The van der Waals surface area contributed by atoms with Crippen molar-refractivity contribution >= 4 is 30.0 Å². The Labute approximate surface area is 86.4 Å². The summed E-state index contributed by atoms with van der Waals surface area (Å²) in [7, 11) is 1.29. The zero-order chi connectivity index (χ0) is 8.97. The van der Waals surface area contributed by atoms with Gasteiger partial charge < -0.3 is 4.74 Å². The van der Waals surface area contributed by atoms with Gasteiger partial charge in [-0.25, -0.2) is 4.79 Å². The number of rotatable bonds is 3. The smallest absolute Gasteiger partial charge is 0.360 e. The lowest BCUT2D eigenvalue weighted by atomic mass is 10.5. The van der Waals surface area contributed by atoms with Crippen molar-refractivity contribution in [3.8, 4) is 0 Å². The molecule has 1 aromatic heterocycles. The van der Waals surface area contributed by atoms with Crippen molar-refractivity contribution in [3.05, 3.63) is 11.9 Å². The predicted molar refractivity (Wildman–Crippen MR) is 49.3 cm³/mol. The number of aromatic nitrogens is 3. The quantitative estimate of drug-likeness (QED) is 0.563. The summed E-state index contributed by atoms with van der Waals surface area (Å²) in [6, 6.07) is 0. The SMILES string of the molecule is COC(=O)c1cn(CCCl)nn1.Cl. The third-order valence-corrected chi connectivity index (χ3v) is 1.42. The van der Waals surface area contributed by atoms with Crippen LogP contribution in [0.25, 0.3) is 0 Å². The number of ether oxygens (including phenoxy) is 1. The predicted octanol–water partition coefficient (Wildman–Crippen LogP) is 0.725. The zero-order valence-corrected chi connectivity index (χ0v) is 8.51. The van der Waals surface area contributed by atoms with Crippen LogP contribution in [0.15, 0.2) is 6.20 Å². The van der Waals surface area contributed by atoms with Gasteiger partial charge in [-0.3, -0.25) is 4.68 Å². The highest BCUT2D eigenvalue weighted by Crippen LogP contribution is 1.95. The van der Waals surface area contributed by atoms with E-state index in [2.05, 4.69) is 15.0 Å². The number of carbonyl (C=O) groups is 1. The van der Waals surface area contributed by atoms with Gasteiger partial charge in [0.05, 0.1) is 19.9 Å². The van der Waals surface area contributed by atoms with Gasteiger partial charge in [-0.2, -0.15) is 0 Å². The maximum atomic E-state index is 10.9. The molecular weight excluding hydrogens is 217 g/mol. The van der Waals surface area contributed by atoms with Crippen LogP contribution in [-0.4, -0.2) is 34.0 Å². The van der Waals surface area contributed by atoms with Crippen molar-refractivity contribution in [2.24, 2.45) is 0 Å². The second kappa shape index (κ2) is 5.77. The Hall–Kier alpha value is -0.810. The molecule has 0 aliphatic heterocycles. The first-order valence-corrected chi connectivity index (χ1v) is 3.85. The monoisotopic (exact) mass is 225 g/mol. The van der Waals surface area contributed by atoms with Crippen LogP contribution in [0.5, 0.6) is 0 Å². The highest BCUT2D eigenvalue weighted by molar-refractivity contribution is 6.17. The second-order valence-electron chi connectivity index (χ2n) is 2.05. The molecule has 0 fully saturated rings. The molecule has 0 atom stereocenters. The number of esters is 1. The molecular formula is C6H9Cl2N3O2. The Morgan fingerprint density at radius 2 is 2.46 bits per heavy atom. The lowest BCUT2D eigenvalue weighted by molar-refractivity contribution is 0.0594. The van der Waals surface area contributed by atoms with Gasteiger partial charge in [0.25, 0.3) is 0 Å². The first-order valence-electron chi connectivity index (χ1n) is 3.32. The third kappa shape index (κ3) is 3.20. The first-order chi connectivity index (χ1) is 5.77. The average Bonchev–Trinajstić information content (AvgIpc) is 2.52. The van der Waals surface area contributed by atoms with E-state index in [4.69, 9.17) is 11.6 Å². The summed E-state index contributed by atoms with van der Waals surface area (Å²) in [5.74, 6) is -0.0555. The van der Waals surface area contributed by atoms with E-state index in [0.29, 0.717) is 12.4 Å². The van der Waals surface area contributed by atoms with Gasteiger partial charge in [0.1, 0.15) is 0 Å². The van der Waals surface area contributed by atoms with Crippen LogP contribution in [0.2, 0.25) is 0 Å². The highest BCUT2D eigenvalue weighted by atomic mass is 35.5. The molecule has 5 nitrogen and oxygen atoms in total. The van der Waals surface area contributed by atoms with E-state index in [-0.39, 0.29) is 18.1 Å². The third-order valence-electron chi connectivity index (χ3n) is 1.25. The highest BCUT2D eigenvalue weighted by Gasteiger charge is 2.09. The van der Waals surface area contributed by atoms with Gasteiger partial charge >= 0.3 is 5.97 Å². The van der Waals surface area contributed by atoms with Crippen molar-refractivity contribution in [2.75, 3.05) is 13.0 Å². The molecule has 0 saturated carbocycles. The Kier molecular flexibility index (Phi) is 5.41. The number of halogens is 2. The minimum atomic E-state index is -0.490. The molecule has 0 N–H and O–H groups in total. The number of carbonyl (C=O) groups excluding carboxylic acids is 1. The molecule has 0 aliphatic carbocycles. The number of methoxy groups -OCH3 is 1. The second-order valence-corrected chi connectivity index (χ2v) is 2.43. The van der Waals surface area contributed by atoms with Crippen LogP contribution in [-0.2, 0) is 11.3 Å². The molecule has 1 rings (SSSR count). The standard InChI is InChI=1S/C6H8ClN3O2.ClH/c1-12-6(11)5-4-10(3-2-7)9-8-5;/h4H,2-3H2,1H3;1H. The number of alkyl halides is 1. The van der Waals surface area contributed by atoms with Crippen LogP contribution >= 0.6 is 24.0 Å². The molecule has 0 unspecified atom stereocenters. The minimum Gasteiger partial charge on any atom is -0.464 e. The van der Waals surface area contributed by atoms with E-state index in [1.165, 1.54) is 18.0 Å². The summed E-state index contributed by atoms with van der Waals surface area (Å²) in [6.07, 6.45) is 1.49. The fraction of sp³-hybridized carbons (Fsp3) is 0.500. The van der Waals surface area contributed by atoms with Crippen molar-refractivity contribution in [3.63, 3.8) is 0 Å². The fourth-order valence-corrected chi connectivity index (χ4v) is 0.866. The molecule has 1 aromatic rings. The van der Waals surface area contributed by atoms with Crippen molar-refractivity contribution in [1.82, 2.24) is 15.0 Å². The van der Waals surface area contributed by atoms with E-state index >= 15 is 0 Å². The van der Waals surface area contributed by atoms with Crippen LogP contribution in [0.3, 0.4) is 0 Å². The molecule has 0 radical (unpaired) electrons. The van der Waals surface area contributed by atoms with Gasteiger partial charge in [0.15, 0.2) is 5.69 Å². The molecule has 7 heteroatoms. The summed E-state index contributed by atoms with van der Waals surface area (Å²) in [5, 5.41) is 7.24. The van der Waals surface area contributed by atoms with Gasteiger partial charge in [-0.05, 0) is 0 Å². The number of hydrogen-bond acceptors (Lipinski definition) is 4. The Balaban J connectivity index is 0.00000144. The molecule has 0 bridgehead atoms. The van der Waals surface area contributed by atoms with Gasteiger partial charge in [-0.15, -0.1) is 29.1 Å². The Bertz CT molecular complexity index is 277. The normalized spacial score (nSPS) is 9.08. The Morgan fingerprint density at radius 3 is 3.00 bits per heavy atom. The van der Waals surface area contributed by atoms with Crippen molar-refractivity contribution < 1.29 is 9.53 Å². The van der Waals surface area contributed by atoms with Gasteiger partial charge in [0.2, 0.25) is 0 Å². The van der Waals surface area contributed by atoms with E-state index in [1.807, 2.05) is 0 Å². The van der Waals surface area contributed by atoms with Gasteiger partial charge in [0, 0.05) is 5.88 Å². The summed E-state index contributed by atoms with van der Waals surface area (Å²) in [5.41, 5.74) is 0.197. The van der Waals surface area contributed by atoms with Gasteiger partial charge in [-0.1, -0.05) is 5.21 Å².